The van der Waals surface area contributed by atoms with E-state index in [0.29, 0.717) is 17.9 Å². The minimum Gasteiger partial charge on any atom is -0.353 e. The van der Waals surface area contributed by atoms with Gasteiger partial charge in [0.05, 0.1) is 0 Å². The molecule has 1 N–H and O–H groups in total. The number of rotatable bonds is 5. The Labute approximate surface area is 185 Å². The van der Waals surface area contributed by atoms with Crippen molar-refractivity contribution in [3.05, 3.63) is 0 Å². The Balaban J connectivity index is 1.51. The van der Waals surface area contributed by atoms with Crippen molar-refractivity contribution in [2.24, 2.45) is 11.8 Å². The van der Waals surface area contributed by atoms with Gasteiger partial charge in [-0.2, -0.15) is 11.8 Å². The van der Waals surface area contributed by atoms with E-state index in [9.17, 15) is 4.79 Å². The summed E-state index contributed by atoms with van der Waals surface area (Å²) < 4.78 is 0. The quantitative estimate of drug-likeness (QED) is 0.462. The fourth-order valence-electron chi connectivity index (χ4n) is 5.96. The second kappa shape index (κ2) is 13.3. The van der Waals surface area contributed by atoms with Gasteiger partial charge < -0.3 is 5.32 Å². The Bertz CT molecular complexity index is 452. The van der Waals surface area contributed by atoms with E-state index < -0.39 is 0 Å². The second-order valence-corrected chi connectivity index (χ2v) is 12.0. The molecule has 3 rings (SSSR count). The third-order valence-electron chi connectivity index (χ3n) is 7.91. The van der Waals surface area contributed by atoms with E-state index in [2.05, 4.69) is 24.0 Å². The molecule has 0 heterocycles. The zero-order chi connectivity index (χ0) is 20.3. The van der Waals surface area contributed by atoms with Crippen molar-refractivity contribution in [3.63, 3.8) is 0 Å². The lowest BCUT2D eigenvalue weighted by atomic mass is 9.86. The molecule has 3 aliphatic rings. The average molecular weight is 422 g/mol. The number of hydrogen-bond donors (Lipinski definition) is 1. The van der Waals surface area contributed by atoms with Crippen molar-refractivity contribution in [1.82, 2.24) is 5.32 Å². The van der Waals surface area contributed by atoms with Gasteiger partial charge in [0.1, 0.15) is 0 Å². The first-order valence-electron chi connectivity index (χ1n) is 13.2. The van der Waals surface area contributed by atoms with Gasteiger partial charge in [-0.1, -0.05) is 84.0 Å². The van der Waals surface area contributed by atoms with Gasteiger partial charge in [-0.15, -0.1) is 0 Å². The van der Waals surface area contributed by atoms with E-state index in [4.69, 9.17) is 0 Å². The molecule has 0 aromatic carbocycles. The Morgan fingerprint density at radius 1 is 0.724 bits per heavy atom. The summed E-state index contributed by atoms with van der Waals surface area (Å²) in [5.74, 6) is 1.46. The summed E-state index contributed by atoms with van der Waals surface area (Å²) in [5, 5.41) is 5.17. The molecule has 0 bridgehead atoms. The number of hydrogen-bond acceptors (Lipinski definition) is 2. The summed E-state index contributed by atoms with van der Waals surface area (Å²) in [6, 6.07) is 0.427. The fraction of sp³-hybridized carbons (Fsp3) is 0.962. The molecule has 3 heteroatoms. The normalized spacial score (nSPS) is 30.2. The summed E-state index contributed by atoms with van der Waals surface area (Å²) in [7, 11) is 0. The third kappa shape index (κ3) is 8.46. The molecule has 3 atom stereocenters. The molecular weight excluding hydrogens is 374 g/mol. The Hall–Kier alpha value is -0.180. The highest BCUT2D eigenvalue weighted by Gasteiger charge is 2.28. The van der Waals surface area contributed by atoms with E-state index in [1.54, 1.807) is 0 Å². The zero-order valence-corrected chi connectivity index (χ0v) is 20.0. The van der Waals surface area contributed by atoms with Crippen LogP contribution in [0.1, 0.15) is 129 Å². The molecule has 0 aliphatic heterocycles. The lowest BCUT2D eigenvalue weighted by Gasteiger charge is -2.33. The predicted molar refractivity (Wildman–Crippen MR) is 127 cm³/mol. The highest BCUT2D eigenvalue weighted by Crippen LogP contribution is 2.37. The van der Waals surface area contributed by atoms with Gasteiger partial charge in [-0.25, -0.2) is 0 Å². The smallest absolute Gasteiger partial charge is 0.223 e. The Morgan fingerprint density at radius 3 is 1.93 bits per heavy atom. The molecule has 3 fully saturated rings. The van der Waals surface area contributed by atoms with E-state index in [-0.39, 0.29) is 0 Å². The van der Waals surface area contributed by atoms with Crippen LogP contribution in [0.2, 0.25) is 0 Å². The molecule has 0 saturated heterocycles. The maximum atomic E-state index is 13.0. The average Bonchev–Trinajstić information content (AvgIpc) is 2.95. The number of carbonyl (C=O) groups is 1. The van der Waals surface area contributed by atoms with Crippen LogP contribution in [0.5, 0.6) is 0 Å². The van der Waals surface area contributed by atoms with Gasteiger partial charge in [0.2, 0.25) is 5.91 Å². The lowest BCUT2D eigenvalue weighted by Crippen LogP contribution is -2.41. The molecule has 168 valence electrons. The molecule has 0 spiro atoms. The van der Waals surface area contributed by atoms with Crippen molar-refractivity contribution in [2.75, 3.05) is 0 Å². The summed E-state index contributed by atoms with van der Waals surface area (Å²) in [6.45, 7) is 2.50. The summed E-state index contributed by atoms with van der Waals surface area (Å²) in [4.78, 5) is 13.0. The minimum absolute atomic E-state index is 0.295. The van der Waals surface area contributed by atoms with Crippen LogP contribution in [-0.4, -0.2) is 22.4 Å². The van der Waals surface area contributed by atoms with E-state index in [1.807, 2.05) is 0 Å². The first-order chi connectivity index (χ1) is 14.2. The molecular formula is C26H47NOS. The monoisotopic (exact) mass is 421 g/mol. The number of carbonyl (C=O) groups excluding carboxylic acids is 1. The summed E-state index contributed by atoms with van der Waals surface area (Å²) in [5.41, 5.74) is 0. The van der Waals surface area contributed by atoms with Crippen LogP contribution in [0.25, 0.3) is 0 Å². The van der Waals surface area contributed by atoms with Gasteiger partial charge in [0.15, 0.2) is 0 Å². The largest absolute Gasteiger partial charge is 0.353 e. The van der Waals surface area contributed by atoms with E-state index in [0.717, 1.165) is 29.3 Å². The first kappa shape index (κ1) is 23.5. The van der Waals surface area contributed by atoms with Crippen LogP contribution in [0, 0.1) is 11.8 Å². The fourth-order valence-corrected chi connectivity index (χ4v) is 7.64. The lowest BCUT2D eigenvalue weighted by molar-refractivity contribution is -0.126. The number of thioether (sulfide) groups is 1. The van der Waals surface area contributed by atoms with Crippen molar-refractivity contribution in [3.8, 4) is 0 Å². The molecule has 2 nitrogen and oxygen atoms in total. The molecule has 3 saturated carbocycles. The van der Waals surface area contributed by atoms with Gasteiger partial charge in [0, 0.05) is 22.5 Å². The Kier molecular flexibility index (Phi) is 10.8. The Morgan fingerprint density at radius 2 is 1.24 bits per heavy atom. The topological polar surface area (TPSA) is 29.1 Å². The maximum absolute atomic E-state index is 13.0. The van der Waals surface area contributed by atoms with Crippen molar-refractivity contribution in [2.45, 2.75) is 145 Å². The van der Waals surface area contributed by atoms with Crippen LogP contribution >= 0.6 is 11.8 Å². The SMILES string of the molecule is CC(SC1CCCCCCC1)C1CCCCCC(NC(=O)C2CCCCCC2)C1. The molecule has 0 aromatic heterocycles. The molecule has 29 heavy (non-hydrogen) atoms. The molecule has 3 unspecified atom stereocenters. The van der Waals surface area contributed by atoms with Crippen molar-refractivity contribution < 1.29 is 4.79 Å². The standard InChI is InChI=1S/C26H47NOS/c1-21(29-25-18-12-3-2-4-13-19-25)23-16-10-7-11-17-24(20-23)27-26(28)22-14-8-5-6-9-15-22/h21-25H,2-20H2,1H3,(H,27,28). The summed E-state index contributed by atoms with van der Waals surface area (Å²) >= 11 is 2.30. The van der Waals surface area contributed by atoms with Crippen LogP contribution in [0.15, 0.2) is 0 Å². The summed E-state index contributed by atoms with van der Waals surface area (Å²) in [6.07, 6.45) is 25.3. The number of amides is 1. The van der Waals surface area contributed by atoms with Crippen LogP contribution in [0.4, 0.5) is 0 Å². The molecule has 0 radical (unpaired) electrons. The van der Waals surface area contributed by atoms with Crippen LogP contribution in [-0.2, 0) is 4.79 Å². The number of nitrogens with one attached hydrogen (secondary N) is 1. The second-order valence-electron chi connectivity index (χ2n) is 10.3. The molecule has 0 aromatic rings. The van der Waals surface area contributed by atoms with E-state index in [1.165, 1.54) is 109 Å². The van der Waals surface area contributed by atoms with Gasteiger partial charge >= 0.3 is 0 Å². The van der Waals surface area contributed by atoms with Gasteiger partial charge in [-0.05, 0) is 50.9 Å². The van der Waals surface area contributed by atoms with E-state index >= 15 is 0 Å². The highest BCUT2D eigenvalue weighted by atomic mass is 32.2. The van der Waals surface area contributed by atoms with Crippen molar-refractivity contribution in [1.29, 1.82) is 0 Å². The highest BCUT2D eigenvalue weighted by molar-refractivity contribution is 8.00. The minimum atomic E-state index is 0.295. The third-order valence-corrected chi connectivity index (χ3v) is 9.58. The maximum Gasteiger partial charge on any atom is 0.223 e. The molecule has 1 amide bonds. The van der Waals surface area contributed by atoms with Gasteiger partial charge in [0.25, 0.3) is 0 Å². The van der Waals surface area contributed by atoms with Gasteiger partial charge in [-0.3, -0.25) is 4.79 Å². The predicted octanol–water partition coefficient (Wildman–Crippen LogP) is 7.65. The van der Waals surface area contributed by atoms with Crippen LogP contribution < -0.4 is 5.32 Å². The zero-order valence-electron chi connectivity index (χ0n) is 19.1. The molecule has 3 aliphatic carbocycles. The van der Waals surface area contributed by atoms with Crippen molar-refractivity contribution >= 4 is 17.7 Å². The van der Waals surface area contributed by atoms with Crippen LogP contribution in [0.3, 0.4) is 0 Å². The first-order valence-corrected chi connectivity index (χ1v) is 14.1.